The summed E-state index contributed by atoms with van der Waals surface area (Å²) in [5.74, 6) is 1.11. The van der Waals surface area contributed by atoms with E-state index in [1.807, 2.05) is 37.2 Å². The molecule has 0 radical (unpaired) electrons. The monoisotopic (exact) mass is 541 g/mol. The summed E-state index contributed by atoms with van der Waals surface area (Å²) in [5.41, 5.74) is 1.90. The Morgan fingerprint density at radius 3 is 2.58 bits per heavy atom. The zero-order chi connectivity index (χ0) is 27.1. The van der Waals surface area contributed by atoms with Crippen molar-refractivity contribution in [3.63, 3.8) is 0 Å². The molecule has 2 aromatic heterocycles. The van der Waals surface area contributed by atoms with E-state index < -0.39 is 10.6 Å². The minimum atomic E-state index is -3.14. The van der Waals surface area contributed by atoms with Gasteiger partial charge in [-0.05, 0) is 57.4 Å². The number of amides is 2. The van der Waals surface area contributed by atoms with Crippen LogP contribution in [0, 0.1) is 0 Å². The number of hydrogen-bond acceptors (Lipinski definition) is 9. The number of carbonyl (C=O) groups is 1. The van der Waals surface area contributed by atoms with Gasteiger partial charge in [-0.25, -0.2) is 14.8 Å². The van der Waals surface area contributed by atoms with Crippen LogP contribution in [-0.4, -0.2) is 88.0 Å². The second-order valence-corrected chi connectivity index (χ2v) is 11.5. The molecule has 204 valence electrons. The fourth-order valence-corrected chi connectivity index (χ4v) is 5.30. The number of aromatic nitrogens is 3. The van der Waals surface area contributed by atoms with Gasteiger partial charge in [0, 0.05) is 49.3 Å². The molecule has 1 aliphatic rings. The number of morpholine rings is 1. The molecule has 3 aromatic rings. The van der Waals surface area contributed by atoms with E-state index in [0.29, 0.717) is 54.2 Å². The Hall–Kier alpha value is -3.29. The number of nitrogens with zero attached hydrogens (tertiary/aromatic N) is 5. The molecule has 4 N–H and O–H groups in total. The highest BCUT2D eigenvalue weighted by molar-refractivity contribution is 8.23. The van der Waals surface area contributed by atoms with Crippen LogP contribution in [-0.2, 0) is 10.5 Å². The zero-order valence-corrected chi connectivity index (χ0v) is 22.7. The second kappa shape index (κ2) is 12.5. The minimum absolute atomic E-state index is 0.0506. The summed E-state index contributed by atoms with van der Waals surface area (Å²) in [6.45, 7) is 5.19. The van der Waals surface area contributed by atoms with Gasteiger partial charge in [0.2, 0.25) is 0 Å². The van der Waals surface area contributed by atoms with Crippen molar-refractivity contribution in [2.75, 3.05) is 57.2 Å². The highest BCUT2D eigenvalue weighted by atomic mass is 32.3. The Kier molecular flexibility index (Phi) is 9.13. The smallest absolute Gasteiger partial charge is 0.319 e. The molecule has 1 atom stereocenters. The van der Waals surface area contributed by atoms with E-state index in [9.17, 15) is 13.9 Å². The molecular weight excluding hydrogens is 506 g/mol. The maximum absolute atomic E-state index is 12.2. The molecule has 0 unspecified atom stereocenters. The third-order valence-electron chi connectivity index (χ3n) is 6.05. The molecule has 0 aliphatic carbocycles. The van der Waals surface area contributed by atoms with Gasteiger partial charge in [0.1, 0.15) is 5.82 Å². The third kappa shape index (κ3) is 7.39. The Bertz CT molecular complexity index is 1210. The molecule has 1 aromatic carbocycles. The van der Waals surface area contributed by atoms with E-state index >= 15 is 0 Å². The SMILES string of the molecule is C[C@H]1COCCN1c1cc(CS(O)(O)c2ccncc2)nc(-c2ccc(NC(=O)NCCN(C)C)cc2)n1. The van der Waals surface area contributed by atoms with Gasteiger partial charge < -0.3 is 25.2 Å². The average Bonchev–Trinajstić information content (AvgIpc) is 2.89. The van der Waals surface area contributed by atoms with Gasteiger partial charge in [-0.3, -0.25) is 14.1 Å². The topological polar surface area (TPSA) is 136 Å². The molecule has 4 rings (SSSR count). The third-order valence-corrected chi connectivity index (χ3v) is 7.77. The molecule has 11 nitrogen and oxygen atoms in total. The number of rotatable bonds is 9. The Balaban J connectivity index is 1.58. The van der Waals surface area contributed by atoms with Crippen LogP contribution in [0.2, 0.25) is 0 Å². The van der Waals surface area contributed by atoms with Crippen LogP contribution in [0.4, 0.5) is 16.3 Å². The van der Waals surface area contributed by atoms with E-state index in [1.54, 1.807) is 24.3 Å². The summed E-state index contributed by atoms with van der Waals surface area (Å²) in [4.78, 5) is 30.2. The van der Waals surface area contributed by atoms with Crippen LogP contribution in [0.25, 0.3) is 11.4 Å². The molecule has 12 heteroatoms. The van der Waals surface area contributed by atoms with Gasteiger partial charge in [0.15, 0.2) is 5.82 Å². The number of benzene rings is 1. The molecule has 0 saturated carbocycles. The number of anilines is 2. The lowest BCUT2D eigenvalue weighted by Crippen LogP contribution is -2.44. The van der Waals surface area contributed by atoms with Gasteiger partial charge in [-0.15, -0.1) is 0 Å². The first-order valence-corrected chi connectivity index (χ1v) is 14.1. The first-order valence-electron chi connectivity index (χ1n) is 12.4. The first-order chi connectivity index (χ1) is 18.2. The fourth-order valence-electron chi connectivity index (χ4n) is 4.02. The van der Waals surface area contributed by atoms with Crippen LogP contribution in [0.5, 0.6) is 0 Å². The second-order valence-electron chi connectivity index (χ2n) is 9.41. The molecule has 0 bridgehead atoms. The number of nitrogens with one attached hydrogen (secondary N) is 2. The van der Waals surface area contributed by atoms with Gasteiger partial charge in [-0.1, -0.05) is 0 Å². The molecule has 0 spiro atoms. The molecule has 1 fully saturated rings. The summed E-state index contributed by atoms with van der Waals surface area (Å²) in [6, 6.07) is 12.1. The van der Waals surface area contributed by atoms with E-state index in [-0.39, 0.29) is 17.8 Å². The molecule has 38 heavy (non-hydrogen) atoms. The summed E-state index contributed by atoms with van der Waals surface area (Å²) in [5, 5.41) is 5.64. The molecule has 3 heterocycles. The van der Waals surface area contributed by atoms with E-state index in [0.717, 1.165) is 12.1 Å². The van der Waals surface area contributed by atoms with Gasteiger partial charge in [0.05, 0.1) is 35.6 Å². The maximum Gasteiger partial charge on any atom is 0.319 e. The predicted octanol–water partition coefficient (Wildman–Crippen LogP) is 3.76. The van der Waals surface area contributed by atoms with Crippen LogP contribution >= 0.6 is 10.6 Å². The van der Waals surface area contributed by atoms with Gasteiger partial charge in [0.25, 0.3) is 0 Å². The van der Waals surface area contributed by atoms with Crippen molar-refractivity contribution in [3.05, 3.63) is 60.6 Å². The van der Waals surface area contributed by atoms with Crippen LogP contribution in [0.3, 0.4) is 0 Å². The lowest BCUT2D eigenvalue weighted by Gasteiger charge is -2.35. The standard InChI is InChI=1S/C26H35N7O4S/c1-19-17-37-15-14-33(19)24-16-22(18-38(35,36)23-8-10-27-11-9-23)29-25(31-24)20-4-6-21(7-5-20)30-26(34)28-12-13-32(2)3/h4-11,16,19,35-36H,12-15,17-18H2,1-3H3,(H2,28,30,34)/t19-/m0/s1. The van der Waals surface area contributed by atoms with E-state index in [1.165, 1.54) is 12.4 Å². The highest BCUT2D eigenvalue weighted by Crippen LogP contribution is 2.50. The van der Waals surface area contributed by atoms with Crippen molar-refractivity contribution in [3.8, 4) is 11.4 Å². The molecular formula is C26H35N7O4S. The van der Waals surface area contributed by atoms with Crippen molar-refractivity contribution < 1.29 is 18.6 Å². The molecule has 1 saturated heterocycles. The highest BCUT2D eigenvalue weighted by Gasteiger charge is 2.24. The normalized spacial score (nSPS) is 16.4. The van der Waals surface area contributed by atoms with Gasteiger partial charge >= 0.3 is 6.03 Å². The van der Waals surface area contributed by atoms with Gasteiger partial charge in [-0.2, -0.15) is 10.6 Å². The number of likely N-dealkylation sites (N-methyl/N-ethyl adjacent to an activating group) is 1. The summed E-state index contributed by atoms with van der Waals surface area (Å²) in [6.07, 6.45) is 3.07. The summed E-state index contributed by atoms with van der Waals surface area (Å²) in [7, 11) is 0.755. The van der Waals surface area contributed by atoms with Crippen molar-refractivity contribution in [2.24, 2.45) is 0 Å². The van der Waals surface area contributed by atoms with E-state index in [2.05, 4.69) is 27.4 Å². The molecule has 2 amide bonds. The summed E-state index contributed by atoms with van der Waals surface area (Å²) >= 11 is 0. The van der Waals surface area contributed by atoms with Crippen molar-refractivity contribution in [1.82, 2.24) is 25.2 Å². The fraction of sp³-hybridized carbons (Fsp3) is 0.385. The lowest BCUT2D eigenvalue weighted by atomic mass is 10.2. The summed E-state index contributed by atoms with van der Waals surface area (Å²) < 4.78 is 27.5. The lowest BCUT2D eigenvalue weighted by molar-refractivity contribution is 0.0985. The van der Waals surface area contributed by atoms with E-state index in [4.69, 9.17) is 14.7 Å². The van der Waals surface area contributed by atoms with Crippen LogP contribution in [0.1, 0.15) is 12.6 Å². The van der Waals surface area contributed by atoms with Crippen LogP contribution < -0.4 is 15.5 Å². The van der Waals surface area contributed by atoms with Crippen molar-refractivity contribution in [1.29, 1.82) is 0 Å². The number of hydrogen-bond donors (Lipinski definition) is 4. The number of urea groups is 1. The molecule has 1 aliphatic heterocycles. The Morgan fingerprint density at radius 1 is 1.16 bits per heavy atom. The zero-order valence-electron chi connectivity index (χ0n) is 21.9. The largest absolute Gasteiger partial charge is 0.377 e. The quantitative estimate of drug-likeness (QED) is 0.319. The predicted molar refractivity (Wildman–Crippen MR) is 150 cm³/mol. The average molecular weight is 542 g/mol. The minimum Gasteiger partial charge on any atom is -0.377 e. The van der Waals surface area contributed by atoms with Crippen molar-refractivity contribution >= 4 is 28.1 Å². The number of ether oxygens (including phenoxy) is 1. The number of pyridine rings is 1. The maximum atomic E-state index is 12.2. The number of carbonyl (C=O) groups excluding carboxylic acids is 1. The Labute approximate surface area is 224 Å². The van der Waals surface area contributed by atoms with Crippen LogP contribution in [0.15, 0.2) is 59.8 Å². The first kappa shape index (κ1) is 27.7. The Morgan fingerprint density at radius 2 is 1.89 bits per heavy atom. The van der Waals surface area contributed by atoms with Crippen molar-refractivity contribution in [2.45, 2.75) is 23.6 Å².